The Morgan fingerprint density at radius 3 is 1.55 bits per heavy atom. The first-order chi connectivity index (χ1) is 4.73. The van der Waals surface area contributed by atoms with Crippen LogP contribution in [-0.4, -0.2) is 13.1 Å². The second-order valence-electron chi connectivity index (χ2n) is 4.37. The first-order valence-electron chi connectivity index (χ1n) is 3.82. The lowest BCUT2D eigenvalue weighted by molar-refractivity contribution is -0.156. The molecule has 0 bridgehead atoms. The minimum Gasteiger partial charge on any atom is -0.469 e. The van der Waals surface area contributed by atoms with Crippen molar-refractivity contribution >= 4 is 5.97 Å². The summed E-state index contributed by atoms with van der Waals surface area (Å²) in [5, 5.41) is 0. The number of hydrogen-bond acceptors (Lipinski definition) is 2. The Balaban J connectivity index is 4.59. The predicted molar refractivity (Wildman–Crippen MR) is 45.3 cm³/mol. The second kappa shape index (κ2) is 2.84. The molecule has 0 radical (unpaired) electrons. The molecule has 11 heavy (non-hydrogen) atoms. The molecular formula is C9H18O2. The molecule has 66 valence electrons. The van der Waals surface area contributed by atoms with E-state index >= 15 is 0 Å². The van der Waals surface area contributed by atoms with E-state index in [0.717, 1.165) is 0 Å². The van der Waals surface area contributed by atoms with Crippen LogP contribution in [0.1, 0.15) is 34.6 Å². The van der Waals surface area contributed by atoms with Crippen LogP contribution in [0.5, 0.6) is 0 Å². The van der Waals surface area contributed by atoms with Crippen molar-refractivity contribution < 1.29 is 9.53 Å². The highest BCUT2D eigenvalue weighted by atomic mass is 16.5. The van der Waals surface area contributed by atoms with Crippen molar-refractivity contribution in [2.45, 2.75) is 34.6 Å². The van der Waals surface area contributed by atoms with E-state index in [9.17, 15) is 4.79 Å². The Morgan fingerprint density at radius 1 is 1.09 bits per heavy atom. The van der Waals surface area contributed by atoms with Gasteiger partial charge in [-0.05, 0) is 19.3 Å². The van der Waals surface area contributed by atoms with Gasteiger partial charge in [0.1, 0.15) is 0 Å². The Hall–Kier alpha value is -0.530. The lowest BCUT2D eigenvalue weighted by Gasteiger charge is -2.35. The average Bonchev–Trinajstić information content (AvgIpc) is 1.83. The van der Waals surface area contributed by atoms with Gasteiger partial charge in [0.05, 0.1) is 12.5 Å². The van der Waals surface area contributed by atoms with Crippen LogP contribution in [0.4, 0.5) is 0 Å². The molecule has 0 aromatic heterocycles. The molecule has 0 aromatic rings. The molecule has 0 aliphatic heterocycles. The van der Waals surface area contributed by atoms with Crippen LogP contribution in [0, 0.1) is 10.8 Å². The van der Waals surface area contributed by atoms with E-state index in [1.165, 1.54) is 7.11 Å². The van der Waals surface area contributed by atoms with Gasteiger partial charge in [-0.1, -0.05) is 20.8 Å². The van der Waals surface area contributed by atoms with E-state index in [4.69, 9.17) is 4.74 Å². The van der Waals surface area contributed by atoms with Crippen LogP contribution in [0.2, 0.25) is 0 Å². The summed E-state index contributed by atoms with van der Waals surface area (Å²) < 4.78 is 4.70. The molecule has 0 atom stereocenters. The molecule has 0 saturated carbocycles. The summed E-state index contributed by atoms with van der Waals surface area (Å²) in [5.74, 6) is -0.148. The zero-order chi connectivity index (χ0) is 9.28. The standard InChI is InChI=1S/C9H18O2/c1-8(2,3)9(4,5)7(10)11-6/h1-6H3. The predicted octanol–water partition coefficient (Wildman–Crippen LogP) is 2.23. The minimum absolute atomic E-state index is 0.0555. The van der Waals surface area contributed by atoms with E-state index in [2.05, 4.69) is 0 Å². The highest BCUT2D eigenvalue weighted by Gasteiger charge is 2.40. The third-order valence-electron chi connectivity index (χ3n) is 2.57. The van der Waals surface area contributed by atoms with Gasteiger partial charge in [0.25, 0.3) is 0 Å². The second-order valence-corrected chi connectivity index (χ2v) is 4.37. The van der Waals surface area contributed by atoms with Gasteiger partial charge in [0.2, 0.25) is 0 Å². The molecular weight excluding hydrogens is 140 g/mol. The molecule has 0 aliphatic rings. The monoisotopic (exact) mass is 158 g/mol. The first kappa shape index (κ1) is 10.5. The maximum absolute atomic E-state index is 11.3. The summed E-state index contributed by atoms with van der Waals surface area (Å²) in [6.07, 6.45) is 0. The number of carbonyl (C=O) groups excluding carboxylic acids is 1. The van der Waals surface area contributed by atoms with Crippen molar-refractivity contribution in [2.75, 3.05) is 7.11 Å². The van der Waals surface area contributed by atoms with Crippen LogP contribution in [0.15, 0.2) is 0 Å². The molecule has 0 rings (SSSR count). The Labute approximate surface area is 68.9 Å². The lowest BCUT2D eigenvalue weighted by Crippen LogP contribution is -2.38. The van der Waals surface area contributed by atoms with Crippen molar-refractivity contribution in [2.24, 2.45) is 10.8 Å². The van der Waals surface area contributed by atoms with Crippen LogP contribution >= 0.6 is 0 Å². The Kier molecular flexibility index (Phi) is 2.70. The largest absolute Gasteiger partial charge is 0.469 e. The fourth-order valence-corrected chi connectivity index (χ4v) is 0.561. The molecule has 0 aromatic carbocycles. The molecule has 0 heterocycles. The molecule has 2 nitrogen and oxygen atoms in total. The van der Waals surface area contributed by atoms with Gasteiger partial charge in [0, 0.05) is 0 Å². The van der Waals surface area contributed by atoms with Gasteiger partial charge in [-0.15, -0.1) is 0 Å². The van der Waals surface area contributed by atoms with E-state index in [1.54, 1.807) is 0 Å². The topological polar surface area (TPSA) is 26.3 Å². The molecule has 2 heteroatoms. The van der Waals surface area contributed by atoms with Crippen LogP contribution in [0.3, 0.4) is 0 Å². The fraction of sp³-hybridized carbons (Fsp3) is 0.889. The van der Waals surface area contributed by atoms with Crippen molar-refractivity contribution in [1.82, 2.24) is 0 Å². The fourth-order valence-electron chi connectivity index (χ4n) is 0.561. The third kappa shape index (κ3) is 1.95. The number of esters is 1. The quantitative estimate of drug-likeness (QED) is 0.547. The molecule has 0 aliphatic carbocycles. The Bertz CT molecular complexity index is 151. The Morgan fingerprint density at radius 2 is 1.45 bits per heavy atom. The van der Waals surface area contributed by atoms with Crippen LogP contribution in [0.25, 0.3) is 0 Å². The molecule has 0 fully saturated rings. The summed E-state index contributed by atoms with van der Waals surface area (Å²) in [6.45, 7) is 9.90. The molecule has 0 spiro atoms. The molecule has 0 amide bonds. The van der Waals surface area contributed by atoms with Gasteiger partial charge < -0.3 is 4.74 Å². The van der Waals surface area contributed by atoms with E-state index in [1.807, 2.05) is 34.6 Å². The number of methoxy groups -OCH3 is 1. The number of hydrogen-bond donors (Lipinski definition) is 0. The summed E-state index contributed by atoms with van der Waals surface area (Å²) in [7, 11) is 1.43. The molecule has 0 N–H and O–H groups in total. The molecule has 0 unspecified atom stereocenters. The maximum atomic E-state index is 11.3. The van der Waals surface area contributed by atoms with Gasteiger partial charge in [-0.25, -0.2) is 0 Å². The summed E-state index contributed by atoms with van der Waals surface area (Å²) in [5.41, 5.74) is -0.470. The number of carbonyl (C=O) groups is 1. The lowest BCUT2D eigenvalue weighted by atomic mass is 9.69. The first-order valence-corrected chi connectivity index (χ1v) is 3.82. The van der Waals surface area contributed by atoms with Crippen LogP contribution < -0.4 is 0 Å². The van der Waals surface area contributed by atoms with Crippen molar-refractivity contribution in [1.29, 1.82) is 0 Å². The van der Waals surface area contributed by atoms with E-state index in [0.29, 0.717) is 0 Å². The van der Waals surface area contributed by atoms with Gasteiger partial charge >= 0.3 is 5.97 Å². The number of rotatable bonds is 1. The van der Waals surface area contributed by atoms with Crippen molar-refractivity contribution in [3.63, 3.8) is 0 Å². The highest BCUT2D eigenvalue weighted by molar-refractivity contribution is 5.76. The van der Waals surface area contributed by atoms with E-state index in [-0.39, 0.29) is 11.4 Å². The number of ether oxygens (including phenoxy) is 1. The smallest absolute Gasteiger partial charge is 0.311 e. The van der Waals surface area contributed by atoms with Gasteiger partial charge in [-0.3, -0.25) is 4.79 Å². The minimum atomic E-state index is -0.415. The zero-order valence-electron chi connectivity index (χ0n) is 8.32. The van der Waals surface area contributed by atoms with Crippen molar-refractivity contribution in [3.05, 3.63) is 0 Å². The third-order valence-corrected chi connectivity index (χ3v) is 2.57. The average molecular weight is 158 g/mol. The normalized spacial score (nSPS) is 12.9. The van der Waals surface area contributed by atoms with E-state index < -0.39 is 5.41 Å². The molecule has 0 saturated heterocycles. The highest BCUT2D eigenvalue weighted by Crippen LogP contribution is 2.38. The maximum Gasteiger partial charge on any atom is 0.311 e. The summed E-state index contributed by atoms with van der Waals surface area (Å²) in [6, 6.07) is 0. The SMILES string of the molecule is COC(=O)C(C)(C)C(C)(C)C. The summed E-state index contributed by atoms with van der Waals surface area (Å²) >= 11 is 0. The van der Waals surface area contributed by atoms with Gasteiger partial charge in [0.15, 0.2) is 0 Å². The van der Waals surface area contributed by atoms with Gasteiger partial charge in [-0.2, -0.15) is 0 Å². The zero-order valence-corrected chi connectivity index (χ0v) is 8.32. The van der Waals surface area contributed by atoms with Crippen LogP contribution in [-0.2, 0) is 9.53 Å². The summed E-state index contributed by atoms with van der Waals surface area (Å²) in [4.78, 5) is 11.3. The van der Waals surface area contributed by atoms with Crippen molar-refractivity contribution in [3.8, 4) is 0 Å².